The molecule has 1 amide bonds. The lowest BCUT2D eigenvalue weighted by atomic mass is 10.1. The second-order valence-electron chi connectivity index (χ2n) is 5.86. The van der Waals surface area contributed by atoms with Crippen LogP contribution in [0.15, 0.2) is 47.4 Å². The number of amides is 1. The van der Waals surface area contributed by atoms with Crippen LogP contribution in [0.1, 0.15) is 29.8 Å². The summed E-state index contributed by atoms with van der Waals surface area (Å²) in [7, 11) is -3.69. The molecule has 8 heteroatoms. The van der Waals surface area contributed by atoms with E-state index in [2.05, 4.69) is 5.32 Å². The molecule has 6 nitrogen and oxygen atoms in total. The second-order valence-corrected chi connectivity index (χ2v) is 8.66. The van der Waals surface area contributed by atoms with Gasteiger partial charge in [-0.1, -0.05) is 26.0 Å². The van der Waals surface area contributed by atoms with Crippen LogP contribution in [-0.4, -0.2) is 43.1 Å². The molecule has 0 heterocycles. The third-order valence-corrected chi connectivity index (χ3v) is 6.73. The van der Waals surface area contributed by atoms with E-state index in [0.717, 1.165) is 11.3 Å². The van der Waals surface area contributed by atoms with Crippen LogP contribution in [-0.2, 0) is 15.8 Å². The Hall–Kier alpha value is -2.03. The standard InChI is InChI=1S/C19H24N2O4S2/c1-4-21(5-2)27(24,25)16-9-10-18(22)17(12-16)20-19(23)15-8-6-7-14(11-15)13-26-3/h6-12,22H,4-5,13H2,1-3H3,(H,20,23). The molecule has 0 aromatic heterocycles. The minimum absolute atomic E-state index is 0.0235. The minimum Gasteiger partial charge on any atom is -0.506 e. The molecule has 2 aromatic carbocycles. The van der Waals surface area contributed by atoms with Crippen molar-refractivity contribution < 1.29 is 18.3 Å². The summed E-state index contributed by atoms with van der Waals surface area (Å²) in [5, 5.41) is 12.7. The zero-order valence-corrected chi connectivity index (χ0v) is 17.2. The molecule has 2 aromatic rings. The molecule has 0 radical (unpaired) electrons. The van der Waals surface area contributed by atoms with Crippen molar-refractivity contribution in [2.75, 3.05) is 24.7 Å². The van der Waals surface area contributed by atoms with Crippen LogP contribution in [0.2, 0.25) is 0 Å². The van der Waals surface area contributed by atoms with Crippen molar-refractivity contribution in [1.82, 2.24) is 4.31 Å². The Bertz CT molecular complexity index is 910. The number of benzene rings is 2. The van der Waals surface area contributed by atoms with Crippen LogP contribution >= 0.6 is 11.8 Å². The summed E-state index contributed by atoms with van der Waals surface area (Å²) in [6.07, 6.45) is 1.98. The first kappa shape index (κ1) is 21.3. The highest BCUT2D eigenvalue weighted by Gasteiger charge is 2.23. The van der Waals surface area contributed by atoms with Gasteiger partial charge < -0.3 is 10.4 Å². The van der Waals surface area contributed by atoms with E-state index in [-0.39, 0.29) is 16.3 Å². The Morgan fingerprint density at radius 3 is 2.48 bits per heavy atom. The maximum absolute atomic E-state index is 12.7. The van der Waals surface area contributed by atoms with Gasteiger partial charge in [0.2, 0.25) is 10.0 Å². The molecule has 0 aliphatic rings. The van der Waals surface area contributed by atoms with Gasteiger partial charge in [-0.05, 0) is 42.2 Å². The first-order chi connectivity index (χ1) is 12.8. The fourth-order valence-electron chi connectivity index (χ4n) is 2.65. The lowest BCUT2D eigenvalue weighted by Gasteiger charge is -2.19. The van der Waals surface area contributed by atoms with Crippen molar-refractivity contribution in [2.45, 2.75) is 24.5 Å². The van der Waals surface area contributed by atoms with Crippen LogP contribution in [0.5, 0.6) is 5.75 Å². The average molecular weight is 409 g/mol. The van der Waals surface area contributed by atoms with Crippen molar-refractivity contribution in [3.8, 4) is 5.75 Å². The number of hydrogen-bond acceptors (Lipinski definition) is 5. The number of sulfonamides is 1. The van der Waals surface area contributed by atoms with Gasteiger partial charge in [0.25, 0.3) is 5.91 Å². The topological polar surface area (TPSA) is 86.7 Å². The quantitative estimate of drug-likeness (QED) is 0.653. The predicted octanol–water partition coefficient (Wildman–Crippen LogP) is 3.54. The van der Waals surface area contributed by atoms with E-state index in [0.29, 0.717) is 18.7 Å². The van der Waals surface area contributed by atoms with E-state index in [1.165, 1.54) is 22.5 Å². The first-order valence-electron chi connectivity index (χ1n) is 8.55. The highest BCUT2D eigenvalue weighted by atomic mass is 32.2. The number of rotatable bonds is 8. The maximum Gasteiger partial charge on any atom is 0.255 e. The highest BCUT2D eigenvalue weighted by molar-refractivity contribution is 7.97. The number of phenolic OH excluding ortho intramolecular Hbond substituents is 1. The summed E-state index contributed by atoms with van der Waals surface area (Å²) >= 11 is 1.65. The van der Waals surface area contributed by atoms with Gasteiger partial charge in [-0.3, -0.25) is 4.79 Å². The Balaban J connectivity index is 2.31. The fourth-order valence-corrected chi connectivity index (χ4v) is 4.65. The van der Waals surface area contributed by atoms with Crippen molar-refractivity contribution in [3.05, 3.63) is 53.6 Å². The normalized spacial score (nSPS) is 11.6. The van der Waals surface area contributed by atoms with Gasteiger partial charge in [0.05, 0.1) is 10.6 Å². The monoisotopic (exact) mass is 408 g/mol. The first-order valence-corrected chi connectivity index (χ1v) is 11.4. The molecule has 0 bridgehead atoms. The zero-order chi connectivity index (χ0) is 20.0. The van der Waals surface area contributed by atoms with Gasteiger partial charge in [0.1, 0.15) is 5.75 Å². The van der Waals surface area contributed by atoms with Crippen molar-refractivity contribution in [1.29, 1.82) is 0 Å². The lowest BCUT2D eigenvalue weighted by Crippen LogP contribution is -2.30. The molecule has 0 atom stereocenters. The Morgan fingerprint density at radius 2 is 1.85 bits per heavy atom. The number of nitrogens with zero attached hydrogens (tertiary/aromatic N) is 1. The van der Waals surface area contributed by atoms with E-state index in [1.54, 1.807) is 43.8 Å². The summed E-state index contributed by atoms with van der Waals surface area (Å²) in [6, 6.07) is 11.1. The molecule has 0 aliphatic heterocycles. The molecule has 2 rings (SSSR count). The van der Waals surface area contributed by atoms with E-state index in [9.17, 15) is 18.3 Å². The molecule has 0 unspecified atom stereocenters. The molecule has 2 N–H and O–H groups in total. The number of phenols is 1. The Labute approximate surface area is 164 Å². The largest absolute Gasteiger partial charge is 0.506 e. The van der Waals surface area contributed by atoms with Gasteiger partial charge in [0, 0.05) is 24.4 Å². The van der Waals surface area contributed by atoms with Gasteiger partial charge in [-0.25, -0.2) is 8.42 Å². The zero-order valence-electron chi connectivity index (χ0n) is 15.6. The van der Waals surface area contributed by atoms with E-state index in [1.807, 2.05) is 12.3 Å². The molecular formula is C19H24N2O4S2. The summed E-state index contributed by atoms with van der Waals surface area (Å²) in [5.41, 5.74) is 1.51. The van der Waals surface area contributed by atoms with Gasteiger partial charge in [-0.15, -0.1) is 0 Å². The number of anilines is 1. The number of carbonyl (C=O) groups is 1. The SMILES string of the molecule is CCN(CC)S(=O)(=O)c1ccc(O)c(NC(=O)c2cccc(CSC)c2)c1. The average Bonchev–Trinajstić information content (AvgIpc) is 2.64. The van der Waals surface area contributed by atoms with Gasteiger partial charge >= 0.3 is 0 Å². The number of thioether (sulfide) groups is 1. The fraction of sp³-hybridized carbons (Fsp3) is 0.316. The van der Waals surface area contributed by atoms with Crippen molar-refractivity contribution >= 4 is 33.4 Å². The molecule has 0 spiro atoms. The minimum atomic E-state index is -3.69. The summed E-state index contributed by atoms with van der Waals surface area (Å²) in [4.78, 5) is 12.6. The Morgan fingerprint density at radius 1 is 1.15 bits per heavy atom. The molecule has 0 fully saturated rings. The number of nitrogens with one attached hydrogen (secondary N) is 1. The van der Waals surface area contributed by atoms with E-state index < -0.39 is 15.9 Å². The maximum atomic E-state index is 12.7. The van der Waals surface area contributed by atoms with Crippen molar-refractivity contribution in [2.24, 2.45) is 0 Å². The molecule has 0 aliphatic carbocycles. The summed E-state index contributed by atoms with van der Waals surface area (Å²) in [6.45, 7) is 4.19. The molecule has 146 valence electrons. The smallest absolute Gasteiger partial charge is 0.255 e. The number of aromatic hydroxyl groups is 1. The van der Waals surface area contributed by atoms with Crippen LogP contribution in [0.4, 0.5) is 5.69 Å². The van der Waals surface area contributed by atoms with Crippen LogP contribution in [0.25, 0.3) is 0 Å². The summed E-state index contributed by atoms with van der Waals surface area (Å²) < 4.78 is 26.6. The highest BCUT2D eigenvalue weighted by Crippen LogP contribution is 2.28. The van der Waals surface area contributed by atoms with Crippen LogP contribution in [0, 0.1) is 0 Å². The van der Waals surface area contributed by atoms with Crippen LogP contribution in [0.3, 0.4) is 0 Å². The van der Waals surface area contributed by atoms with Crippen LogP contribution < -0.4 is 5.32 Å². The third kappa shape index (κ3) is 5.03. The molecule has 0 saturated carbocycles. The molecule has 27 heavy (non-hydrogen) atoms. The lowest BCUT2D eigenvalue weighted by molar-refractivity contribution is 0.102. The second kappa shape index (κ2) is 9.25. The number of carbonyl (C=O) groups excluding carboxylic acids is 1. The van der Waals surface area contributed by atoms with E-state index >= 15 is 0 Å². The van der Waals surface area contributed by atoms with Crippen molar-refractivity contribution in [3.63, 3.8) is 0 Å². The predicted molar refractivity (Wildman–Crippen MR) is 110 cm³/mol. The van der Waals surface area contributed by atoms with Gasteiger partial charge in [-0.2, -0.15) is 16.1 Å². The Kier molecular flexibility index (Phi) is 7.29. The third-order valence-electron chi connectivity index (χ3n) is 4.06. The van der Waals surface area contributed by atoms with Gasteiger partial charge in [0.15, 0.2) is 0 Å². The molecular weight excluding hydrogens is 384 g/mol. The van der Waals surface area contributed by atoms with E-state index in [4.69, 9.17) is 0 Å². The summed E-state index contributed by atoms with van der Waals surface area (Å²) in [5.74, 6) is 0.178. The number of hydrogen-bond donors (Lipinski definition) is 2. The molecule has 0 saturated heterocycles.